The summed E-state index contributed by atoms with van der Waals surface area (Å²) in [6.45, 7) is -8.15. The van der Waals surface area contributed by atoms with Crippen LogP contribution in [0.15, 0.2) is 180 Å². The first-order valence-corrected chi connectivity index (χ1v) is 14.8. The number of furan rings is 1. The largest absolute Gasteiger partial charge is 0.455 e. The summed E-state index contributed by atoms with van der Waals surface area (Å²) >= 11 is 0. The number of hydrogen-bond donors (Lipinski definition) is 0. The van der Waals surface area contributed by atoms with Gasteiger partial charge in [-0.3, -0.25) is 0 Å². The predicted molar refractivity (Wildman–Crippen MR) is 214 cm³/mol. The Kier molecular flexibility index (Phi) is 2.40. The molecule has 9 aromatic rings. The number of benzene rings is 8. The molecular weight excluding hydrogens is 619 g/mol. The highest BCUT2D eigenvalue weighted by atomic mass is 16.3. The van der Waals surface area contributed by atoms with Crippen molar-refractivity contribution in [3.8, 4) is 33.4 Å². The zero-order chi connectivity index (χ0) is 64.3. The second-order valence-electron chi connectivity index (χ2n) is 11.0. The number of fused-ring (bicyclic) bond motifs is 8. The smallest absolute Gasteiger partial charge is 0.143 e. The molecule has 0 saturated carbocycles. The Labute approximate surface area is 347 Å². The quantitative estimate of drug-likeness (QED) is 0.179. The van der Waals surface area contributed by atoms with Crippen LogP contribution in [0.1, 0.15) is 72.8 Å². The zero-order valence-corrected chi connectivity index (χ0v) is 25.4. The lowest BCUT2D eigenvalue weighted by molar-refractivity contribution is 0.660. The molecule has 0 radical (unpaired) electrons. The van der Waals surface area contributed by atoms with E-state index in [1.807, 2.05) is 0 Å². The third-order valence-corrected chi connectivity index (χ3v) is 8.12. The molecule has 0 atom stereocenters. The Morgan fingerprint density at radius 3 is 1.84 bits per heavy atom. The molecule has 2 heteroatoms. The van der Waals surface area contributed by atoms with Gasteiger partial charge in [0, 0.05) is 46.6 Å². The molecule has 0 fully saturated rings. The average molecular weight is 689 g/mol. The predicted octanol–water partition coefficient (Wildman–Crippen LogP) is 13.8. The van der Waals surface area contributed by atoms with Gasteiger partial charge in [-0.25, -0.2) is 0 Å². The van der Waals surface area contributed by atoms with E-state index in [1.54, 1.807) is 0 Å². The fourth-order valence-corrected chi connectivity index (χ4v) is 5.85. The fraction of sp³-hybridized carbons (Fsp3) is 0.0612. The van der Waals surface area contributed by atoms with Gasteiger partial charge in [-0.15, -0.1) is 0 Å². The van der Waals surface area contributed by atoms with Gasteiger partial charge in [0.25, 0.3) is 0 Å². The van der Waals surface area contributed by atoms with E-state index in [-0.39, 0.29) is 4.90 Å². The monoisotopic (exact) mass is 688 g/mol. The van der Waals surface area contributed by atoms with Crippen molar-refractivity contribution in [2.75, 3.05) is 4.90 Å². The van der Waals surface area contributed by atoms with Gasteiger partial charge < -0.3 is 9.32 Å². The number of nitrogens with zero attached hydrogens (tertiary/aromatic N) is 1. The lowest BCUT2D eigenvalue weighted by Gasteiger charge is -2.29. The van der Waals surface area contributed by atoms with E-state index in [0.717, 1.165) is 0 Å². The van der Waals surface area contributed by atoms with E-state index in [0.29, 0.717) is 0 Å². The van der Waals surface area contributed by atoms with E-state index in [9.17, 15) is 16.4 Å². The highest BCUT2D eigenvalue weighted by molar-refractivity contribution is 6.20. The van der Waals surface area contributed by atoms with Crippen molar-refractivity contribution in [1.29, 1.82) is 0 Å². The van der Waals surface area contributed by atoms with Crippen molar-refractivity contribution < 1.29 is 52.4 Å². The number of hydrogen-bond acceptors (Lipinski definition) is 2. The van der Waals surface area contributed by atoms with Crippen LogP contribution in [-0.2, 0) is 5.41 Å². The summed E-state index contributed by atoms with van der Waals surface area (Å²) in [6.07, 6.45) is 0. The summed E-state index contributed by atoms with van der Waals surface area (Å²) in [5.41, 5.74) is -17.7. The van der Waals surface area contributed by atoms with Crippen LogP contribution in [0.2, 0.25) is 0 Å². The molecule has 2 nitrogen and oxygen atoms in total. The summed E-state index contributed by atoms with van der Waals surface area (Å²) in [5, 5.41) is -3.55. The van der Waals surface area contributed by atoms with Crippen LogP contribution in [0, 0.1) is 0 Å². The summed E-state index contributed by atoms with van der Waals surface area (Å²) < 4.78 is 324. The Balaban J connectivity index is 1.54. The van der Waals surface area contributed by atoms with E-state index in [4.69, 9.17) is 35.9 Å². The van der Waals surface area contributed by atoms with Gasteiger partial charge in [0.15, 0.2) is 0 Å². The van der Waals surface area contributed by atoms with Crippen LogP contribution in [-0.4, -0.2) is 0 Å². The summed E-state index contributed by atoms with van der Waals surface area (Å²) in [6, 6.07) is -33.5. The first-order chi connectivity index (χ1) is 39.6. The maximum Gasteiger partial charge on any atom is 0.143 e. The van der Waals surface area contributed by atoms with E-state index in [2.05, 4.69) is 0 Å². The normalized spacial score (nSPS) is 23.3. The zero-order valence-electron chi connectivity index (χ0n) is 60.4. The number of rotatable bonds is 5. The molecule has 1 aromatic heterocycles. The molecular formula is C49H35NO. The molecule has 1 aliphatic rings. The van der Waals surface area contributed by atoms with E-state index < -0.39 is 289 Å². The molecule has 51 heavy (non-hydrogen) atoms. The Morgan fingerprint density at radius 2 is 1.08 bits per heavy atom. The SMILES string of the molecule is [2H]c1c([2H])c([2H])c(-c2c([2H])c([2H])c(N(c3c([2H])c([2H])c4c(c3[2H])C(C([2H])([2H])[2H])(C([2H])([2H])[2H])c3c([2H])c([2H])c([2H])c([2H])c3-4)c3c([2H])c4c(oc5c([2H])c([2H])c(-c6c([2H])c([2H])c([2H])c([2H])c6[2H])c([2H])c54)c4c([2H])c([2H])c([2H])c([2H])c34)c([2H])c2[2H])c([2H])c1[2H]. The van der Waals surface area contributed by atoms with Crippen LogP contribution < -0.4 is 4.90 Å². The van der Waals surface area contributed by atoms with Crippen molar-refractivity contribution >= 4 is 49.8 Å². The molecule has 0 bridgehead atoms. The summed E-state index contributed by atoms with van der Waals surface area (Å²) in [5.74, 6) is 0. The maximum atomic E-state index is 10.3. The molecule has 242 valence electrons. The Bertz CT molecular complexity index is 4570. The Hall–Kier alpha value is -6.38. The first kappa shape index (κ1) is 10.8. The molecule has 0 aliphatic heterocycles. The molecule has 8 aromatic carbocycles. The average Bonchev–Trinajstić information content (AvgIpc) is 1.47. The van der Waals surface area contributed by atoms with Crippen LogP contribution in [0.25, 0.3) is 66.1 Å². The van der Waals surface area contributed by atoms with E-state index >= 15 is 0 Å². The van der Waals surface area contributed by atoms with Crippen molar-refractivity contribution in [2.45, 2.75) is 19.1 Å². The van der Waals surface area contributed by atoms with Gasteiger partial charge in [-0.05, 0) is 86.8 Å². The summed E-state index contributed by atoms with van der Waals surface area (Å²) in [4.78, 5) is 0.224. The lowest BCUT2D eigenvalue weighted by atomic mass is 9.82. The van der Waals surface area contributed by atoms with Crippen molar-refractivity contribution in [2.24, 2.45) is 0 Å². The van der Waals surface area contributed by atoms with Crippen molar-refractivity contribution in [3.63, 3.8) is 0 Å². The standard InChI is InChI=1S/C49H35NO/c1-49(2)44-20-12-11-17-38(44)39-27-26-37(30-45(39)49)50(36-24-21-34(22-25-36)32-13-5-3-6-14-32)46-31-43-42-29-35(33-15-7-4-8-16-33)23-28-47(42)51-48(43)41-19-10-9-18-40(41)46/h3-31H,1-2H3/i1D3,2D3,3D,4D,5D,6D,7D,8D,9D,10D,11D,12D,13D,14D,15D,16D,17D,18D,19D,20D,21D,22D,23D,24D,25D,26D,27D,28D,29D,30D,31D. The summed E-state index contributed by atoms with van der Waals surface area (Å²) in [7, 11) is 0. The molecule has 1 aliphatic carbocycles. The van der Waals surface area contributed by atoms with Crippen LogP contribution in [0.3, 0.4) is 0 Å². The highest BCUT2D eigenvalue weighted by Gasteiger charge is 2.36. The van der Waals surface area contributed by atoms with E-state index in [1.165, 1.54) is 0 Å². The third kappa shape index (κ3) is 4.64. The molecule has 0 saturated heterocycles. The van der Waals surface area contributed by atoms with Gasteiger partial charge in [0.1, 0.15) is 11.2 Å². The van der Waals surface area contributed by atoms with Gasteiger partial charge in [-0.1, -0.05) is 147 Å². The molecule has 0 unspecified atom stereocenters. The van der Waals surface area contributed by atoms with Crippen molar-refractivity contribution in [1.82, 2.24) is 0 Å². The highest BCUT2D eigenvalue weighted by Crippen LogP contribution is 2.52. The minimum atomic E-state index is -4.08. The molecule has 0 spiro atoms. The topological polar surface area (TPSA) is 16.4 Å². The van der Waals surface area contributed by atoms with Gasteiger partial charge in [0.2, 0.25) is 0 Å². The minimum Gasteiger partial charge on any atom is -0.455 e. The van der Waals surface area contributed by atoms with Gasteiger partial charge >= 0.3 is 0 Å². The second-order valence-corrected chi connectivity index (χ2v) is 11.0. The second kappa shape index (κ2) is 11.3. The Morgan fingerprint density at radius 1 is 0.471 bits per heavy atom. The van der Waals surface area contributed by atoms with Crippen molar-refractivity contribution in [3.05, 3.63) is 186 Å². The molecule has 1 heterocycles. The first-order valence-electron chi connectivity index (χ1n) is 32.3. The molecule has 10 rings (SSSR count). The molecule has 0 N–H and O–H groups in total. The van der Waals surface area contributed by atoms with Crippen LogP contribution >= 0.6 is 0 Å². The molecule has 0 amide bonds. The fourth-order valence-electron chi connectivity index (χ4n) is 5.85. The van der Waals surface area contributed by atoms with Gasteiger partial charge in [-0.2, -0.15) is 0 Å². The lowest BCUT2D eigenvalue weighted by Crippen LogP contribution is -2.16. The maximum absolute atomic E-state index is 10.3. The number of anilines is 3. The van der Waals surface area contributed by atoms with Crippen LogP contribution in [0.5, 0.6) is 0 Å². The minimum absolute atomic E-state index is 0.224. The third-order valence-electron chi connectivity index (χ3n) is 8.12. The van der Waals surface area contributed by atoms with Crippen LogP contribution in [0.4, 0.5) is 17.1 Å². The van der Waals surface area contributed by atoms with Gasteiger partial charge in [0.05, 0.1) is 45.4 Å².